The van der Waals surface area contributed by atoms with Crippen molar-refractivity contribution in [2.45, 2.75) is 39.1 Å². The number of carbonyl (C=O) groups excluding carboxylic acids is 2. The summed E-state index contributed by atoms with van der Waals surface area (Å²) in [6.07, 6.45) is 1.41. The summed E-state index contributed by atoms with van der Waals surface area (Å²) in [5.41, 5.74) is 4.12. The van der Waals surface area contributed by atoms with Crippen LogP contribution in [0, 0.1) is 6.92 Å². The van der Waals surface area contributed by atoms with Gasteiger partial charge in [0.05, 0.1) is 20.2 Å². The molecule has 0 N–H and O–H groups in total. The molecule has 33 heavy (non-hydrogen) atoms. The first kappa shape index (κ1) is 21.1. The van der Waals surface area contributed by atoms with Gasteiger partial charge in [0.2, 0.25) is 5.96 Å². The molecule has 2 aromatic carbocycles. The van der Waals surface area contributed by atoms with Gasteiger partial charge in [0.1, 0.15) is 5.75 Å². The third-order valence-electron chi connectivity index (χ3n) is 6.43. The number of guanidine groups is 1. The standard InChI is InChI=1S/C25H27N5O3/c1-16-6-5-7-19(12-16)15-30-23(31)21-22(27(3)25(30)32)26-24-28(17(2)13-29(21)24)14-18-8-10-20(33-4)11-9-18/h5-13,21-22H,14-15H2,1-4H3. The Kier molecular flexibility index (Phi) is 5.08. The number of aliphatic imine (C=N–C) groups is 1. The van der Waals surface area contributed by atoms with E-state index in [0.29, 0.717) is 12.5 Å². The zero-order chi connectivity index (χ0) is 23.3. The maximum Gasteiger partial charge on any atom is 0.328 e. The molecule has 0 radical (unpaired) electrons. The van der Waals surface area contributed by atoms with Crippen molar-refractivity contribution in [1.29, 1.82) is 0 Å². The van der Waals surface area contributed by atoms with Crippen LogP contribution in [-0.2, 0) is 17.9 Å². The lowest BCUT2D eigenvalue weighted by atomic mass is 10.1. The van der Waals surface area contributed by atoms with E-state index in [9.17, 15) is 9.59 Å². The largest absolute Gasteiger partial charge is 0.497 e. The van der Waals surface area contributed by atoms with E-state index in [1.165, 1.54) is 4.90 Å². The van der Waals surface area contributed by atoms with Crippen LogP contribution >= 0.6 is 0 Å². The fourth-order valence-electron chi connectivity index (χ4n) is 4.65. The molecule has 0 aliphatic carbocycles. The van der Waals surface area contributed by atoms with E-state index in [4.69, 9.17) is 9.73 Å². The van der Waals surface area contributed by atoms with E-state index in [1.807, 2.05) is 73.5 Å². The number of hydrogen-bond donors (Lipinski definition) is 0. The summed E-state index contributed by atoms with van der Waals surface area (Å²) in [6, 6.07) is 14.9. The Hall–Kier alpha value is -3.81. The SMILES string of the molecule is COc1ccc(CN2C(C)=CN3C2=NC2C3C(=O)N(Cc3cccc(C)c3)C(=O)N2C)cc1. The first-order valence-electron chi connectivity index (χ1n) is 11.0. The average molecular weight is 446 g/mol. The normalized spacial score (nSPS) is 21.8. The number of methoxy groups -OCH3 is 1. The van der Waals surface area contributed by atoms with Crippen LogP contribution in [0.4, 0.5) is 4.79 Å². The Morgan fingerprint density at radius 2 is 1.70 bits per heavy atom. The topological polar surface area (TPSA) is 68.7 Å². The molecule has 0 saturated carbocycles. The molecule has 1 fully saturated rings. The van der Waals surface area contributed by atoms with Gasteiger partial charge in [-0.05, 0) is 37.1 Å². The van der Waals surface area contributed by atoms with E-state index < -0.39 is 12.2 Å². The summed E-state index contributed by atoms with van der Waals surface area (Å²) in [5, 5.41) is 0. The highest BCUT2D eigenvalue weighted by Crippen LogP contribution is 2.35. The molecule has 5 rings (SSSR count). The lowest BCUT2D eigenvalue weighted by molar-refractivity contribution is -0.137. The number of amides is 3. The second-order valence-corrected chi connectivity index (χ2v) is 8.71. The highest BCUT2D eigenvalue weighted by Gasteiger charge is 2.54. The molecule has 3 aliphatic heterocycles. The highest BCUT2D eigenvalue weighted by atomic mass is 16.5. The molecule has 8 nitrogen and oxygen atoms in total. The van der Waals surface area contributed by atoms with Crippen LogP contribution in [0.15, 0.2) is 65.4 Å². The Bertz CT molecular complexity index is 1170. The molecule has 1 saturated heterocycles. The van der Waals surface area contributed by atoms with Crippen LogP contribution in [-0.4, -0.2) is 63.9 Å². The summed E-state index contributed by atoms with van der Waals surface area (Å²) < 4.78 is 5.25. The number of rotatable bonds is 5. The molecule has 8 heteroatoms. The molecule has 3 amide bonds. The van der Waals surface area contributed by atoms with Gasteiger partial charge in [0.25, 0.3) is 5.91 Å². The number of carbonyl (C=O) groups is 2. The smallest absolute Gasteiger partial charge is 0.328 e. The average Bonchev–Trinajstić information content (AvgIpc) is 3.31. The number of aryl methyl sites for hydroxylation is 1. The molecule has 0 spiro atoms. The molecule has 2 aromatic rings. The van der Waals surface area contributed by atoms with Crippen molar-refractivity contribution < 1.29 is 14.3 Å². The van der Waals surface area contributed by atoms with E-state index >= 15 is 0 Å². The zero-order valence-corrected chi connectivity index (χ0v) is 19.2. The molecule has 2 unspecified atom stereocenters. The summed E-state index contributed by atoms with van der Waals surface area (Å²) in [5.74, 6) is 1.28. The minimum absolute atomic E-state index is 0.223. The van der Waals surface area contributed by atoms with Crippen LogP contribution in [0.3, 0.4) is 0 Å². The van der Waals surface area contributed by atoms with Crippen LogP contribution in [0.25, 0.3) is 0 Å². The number of nitrogens with zero attached hydrogens (tertiary/aromatic N) is 5. The Morgan fingerprint density at radius 3 is 2.39 bits per heavy atom. The Balaban J connectivity index is 1.40. The molecule has 0 aromatic heterocycles. The van der Waals surface area contributed by atoms with Crippen LogP contribution in [0.2, 0.25) is 0 Å². The number of allylic oxidation sites excluding steroid dienone is 1. The first-order chi connectivity index (χ1) is 15.9. The van der Waals surface area contributed by atoms with Crippen molar-refractivity contribution in [3.05, 3.63) is 77.1 Å². The van der Waals surface area contributed by atoms with Gasteiger partial charge in [0, 0.05) is 18.9 Å². The second-order valence-electron chi connectivity index (χ2n) is 8.71. The molecule has 170 valence electrons. The molecular weight excluding hydrogens is 418 g/mol. The molecule has 0 bridgehead atoms. The third-order valence-corrected chi connectivity index (χ3v) is 6.43. The van der Waals surface area contributed by atoms with Crippen LogP contribution in [0.5, 0.6) is 5.75 Å². The number of benzene rings is 2. The monoisotopic (exact) mass is 445 g/mol. The minimum Gasteiger partial charge on any atom is -0.497 e. The first-order valence-corrected chi connectivity index (χ1v) is 11.0. The van der Waals surface area contributed by atoms with Crippen molar-refractivity contribution in [3.8, 4) is 5.75 Å². The van der Waals surface area contributed by atoms with Gasteiger partial charge in [-0.15, -0.1) is 0 Å². The van der Waals surface area contributed by atoms with Gasteiger partial charge in [-0.2, -0.15) is 0 Å². The molecule has 3 heterocycles. The molecule has 3 aliphatic rings. The number of imide groups is 1. The summed E-state index contributed by atoms with van der Waals surface area (Å²) in [4.78, 5) is 38.3. The van der Waals surface area contributed by atoms with Gasteiger partial charge in [-0.1, -0.05) is 42.0 Å². The lowest BCUT2D eigenvalue weighted by Crippen LogP contribution is -2.63. The number of urea groups is 1. The predicted molar refractivity (Wildman–Crippen MR) is 124 cm³/mol. The zero-order valence-electron chi connectivity index (χ0n) is 19.2. The van der Waals surface area contributed by atoms with Crippen molar-refractivity contribution in [2.75, 3.05) is 14.2 Å². The molecular formula is C25H27N5O3. The minimum atomic E-state index is -0.566. The van der Waals surface area contributed by atoms with Crippen molar-refractivity contribution in [2.24, 2.45) is 4.99 Å². The summed E-state index contributed by atoms with van der Waals surface area (Å²) in [6.45, 7) is 4.86. The van der Waals surface area contributed by atoms with Gasteiger partial charge >= 0.3 is 6.03 Å². The maximum atomic E-state index is 13.5. The van der Waals surface area contributed by atoms with Crippen LogP contribution in [0.1, 0.15) is 23.6 Å². The highest BCUT2D eigenvalue weighted by molar-refractivity contribution is 6.04. The number of hydrogen-bond acceptors (Lipinski definition) is 6. The van der Waals surface area contributed by atoms with Crippen molar-refractivity contribution >= 4 is 17.9 Å². The predicted octanol–water partition coefficient (Wildman–Crippen LogP) is 3.14. The van der Waals surface area contributed by atoms with E-state index in [0.717, 1.165) is 28.1 Å². The van der Waals surface area contributed by atoms with Gasteiger partial charge in [0.15, 0.2) is 12.2 Å². The lowest BCUT2D eigenvalue weighted by Gasteiger charge is -2.40. The van der Waals surface area contributed by atoms with Crippen molar-refractivity contribution in [3.63, 3.8) is 0 Å². The van der Waals surface area contributed by atoms with Crippen LogP contribution < -0.4 is 4.74 Å². The van der Waals surface area contributed by atoms with E-state index in [2.05, 4.69) is 4.90 Å². The Labute approximate surface area is 193 Å². The second kappa shape index (κ2) is 7.95. The fourth-order valence-corrected chi connectivity index (χ4v) is 4.65. The number of fused-ring (bicyclic) bond motifs is 3. The van der Waals surface area contributed by atoms with Gasteiger partial charge in [-0.25, -0.2) is 9.79 Å². The van der Waals surface area contributed by atoms with E-state index in [1.54, 1.807) is 19.1 Å². The quantitative estimate of drug-likeness (QED) is 0.707. The van der Waals surface area contributed by atoms with Gasteiger partial charge in [-0.3, -0.25) is 9.69 Å². The van der Waals surface area contributed by atoms with Gasteiger partial charge < -0.3 is 19.4 Å². The fraction of sp³-hybridized carbons (Fsp3) is 0.320. The maximum absolute atomic E-state index is 13.5. The number of likely N-dealkylation sites (N-methyl/N-ethyl adjacent to an activating group) is 1. The molecule has 2 atom stereocenters. The third kappa shape index (κ3) is 3.51. The summed E-state index contributed by atoms with van der Waals surface area (Å²) in [7, 11) is 3.36. The van der Waals surface area contributed by atoms with E-state index in [-0.39, 0.29) is 18.5 Å². The summed E-state index contributed by atoms with van der Waals surface area (Å²) >= 11 is 0. The Morgan fingerprint density at radius 1 is 0.970 bits per heavy atom. The van der Waals surface area contributed by atoms with Crippen molar-refractivity contribution in [1.82, 2.24) is 19.6 Å². The number of ether oxygens (including phenoxy) is 1.